The van der Waals surface area contributed by atoms with Crippen molar-refractivity contribution >= 4 is 33.2 Å². The highest BCUT2D eigenvalue weighted by Gasteiger charge is 2.28. The van der Waals surface area contributed by atoms with E-state index in [1.807, 2.05) is 19.1 Å². The topological polar surface area (TPSA) is 48.0 Å². The van der Waals surface area contributed by atoms with Crippen molar-refractivity contribution < 1.29 is 13.4 Å². The fraction of sp³-hybridized carbons (Fsp3) is 0.185. The van der Waals surface area contributed by atoms with Gasteiger partial charge in [-0.05, 0) is 62.6 Å². The molecular formula is C27H24N3O2+. The minimum absolute atomic E-state index is 0.618. The van der Waals surface area contributed by atoms with E-state index < -0.39 is 0 Å². The molecule has 5 nitrogen and oxygen atoms in total. The van der Waals surface area contributed by atoms with Crippen LogP contribution in [-0.4, -0.2) is 9.55 Å². The molecule has 0 radical (unpaired) electrons. The molecule has 0 bridgehead atoms. The SMILES string of the molecule is Cc1ccc2c(n1)oc1c3ccc(C)c(-c4n(-c5c(C)cccc5C)cc[n+]4C)c3oc21. The third-order valence-electron chi connectivity index (χ3n) is 6.37. The Kier molecular flexibility index (Phi) is 3.87. The molecule has 0 aliphatic heterocycles. The van der Waals surface area contributed by atoms with Gasteiger partial charge < -0.3 is 8.83 Å². The van der Waals surface area contributed by atoms with Crippen LogP contribution in [0.1, 0.15) is 22.4 Å². The van der Waals surface area contributed by atoms with Gasteiger partial charge in [0.05, 0.1) is 17.8 Å². The molecule has 0 saturated carbocycles. The van der Waals surface area contributed by atoms with Crippen LogP contribution < -0.4 is 4.57 Å². The lowest BCUT2D eigenvalue weighted by Crippen LogP contribution is -2.29. The van der Waals surface area contributed by atoms with E-state index in [4.69, 9.17) is 8.83 Å². The number of rotatable bonds is 2. The summed E-state index contributed by atoms with van der Waals surface area (Å²) in [5.41, 5.74) is 9.75. The first kappa shape index (κ1) is 18.9. The highest BCUT2D eigenvalue weighted by atomic mass is 16.4. The minimum Gasteiger partial charge on any atom is -0.451 e. The predicted octanol–water partition coefficient (Wildman–Crippen LogP) is 6.24. The summed E-state index contributed by atoms with van der Waals surface area (Å²) in [6.07, 6.45) is 4.21. The van der Waals surface area contributed by atoms with Gasteiger partial charge in [0, 0.05) is 5.69 Å². The molecule has 0 N–H and O–H groups in total. The maximum Gasteiger partial charge on any atom is 0.297 e. The monoisotopic (exact) mass is 422 g/mol. The molecule has 6 rings (SSSR count). The van der Waals surface area contributed by atoms with E-state index in [0.717, 1.165) is 50.2 Å². The van der Waals surface area contributed by atoms with E-state index in [1.165, 1.54) is 16.8 Å². The van der Waals surface area contributed by atoms with Crippen molar-refractivity contribution in [2.75, 3.05) is 0 Å². The molecular weight excluding hydrogens is 398 g/mol. The molecule has 2 aromatic carbocycles. The highest BCUT2D eigenvalue weighted by Crippen LogP contribution is 2.41. The third kappa shape index (κ3) is 2.51. The van der Waals surface area contributed by atoms with Crippen LogP contribution in [0.2, 0.25) is 0 Å². The predicted molar refractivity (Wildman–Crippen MR) is 126 cm³/mol. The Balaban J connectivity index is 1.71. The van der Waals surface area contributed by atoms with Crippen LogP contribution in [-0.2, 0) is 7.05 Å². The molecule has 0 saturated heterocycles. The van der Waals surface area contributed by atoms with Gasteiger partial charge in [0.2, 0.25) is 5.71 Å². The number of imidazole rings is 1. The zero-order chi connectivity index (χ0) is 22.1. The van der Waals surface area contributed by atoms with Gasteiger partial charge in [-0.1, -0.05) is 24.3 Å². The van der Waals surface area contributed by atoms with Gasteiger partial charge >= 0.3 is 0 Å². The summed E-state index contributed by atoms with van der Waals surface area (Å²) in [4.78, 5) is 4.53. The second-order valence-electron chi connectivity index (χ2n) is 8.64. The van der Waals surface area contributed by atoms with Crippen molar-refractivity contribution in [3.05, 3.63) is 77.2 Å². The molecule has 158 valence electrons. The Morgan fingerprint density at radius 3 is 2.28 bits per heavy atom. The van der Waals surface area contributed by atoms with Gasteiger partial charge in [0.15, 0.2) is 16.7 Å². The van der Waals surface area contributed by atoms with Crippen LogP contribution in [0.3, 0.4) is 0 Å². The van der Waals surface area contributed by atoms with Crippen molar-refractivity contribution in [3.8, 4) is 17.1 Å². The summed E-state index contributed by atoms with van der Waals surface area (Å²) in [6, 6.07) is 14.6. The number of nitrogens with zero attached hydrogens (tertiary/aromatic N) is 3. The Morgan fingerprint density at radius 1 is 0.781 bits per heavy atom. The van der Waals surface area contributed by atoms with Crippen molar-refractivity contribution in [1.29, 1.82) is 0 Å². The van der Waals surface area contributed by atoms with Crippen molar-refractivity contribution in [3.63, 3.8) is 0 Å². The first-order valence-corrected chi connectivity index (χ1v) is 10.8. The molecule has 0 spiro atoms. The van der Waals surface area contributed by atoms with Crippen LogP contribution in [0.4, 0.5) is 0 Å². The van der Waals surface area contributed by atoms with E-state index in [1.54, 1.807) is 0 Å². The number of benzene rings is 2. The van der Waals surface area contributed by atoms with Gasteiger partial charge in [0.25, 0.3) is 5.82 Å². The zero-order valence-corrected chi connectivity index (χ0v) is 18.9. The fourth-order valence-electron chi connectivity index (χ4n) is 4.81. The third-order valence-corrected chi connectivity index (χ3v) is 6.37. The lowest BCUT2D eigenvalue weighted by Gasteiger charge is -2.10. The normalized spacial score (nSPS) is 11.9. The molecule has 5 heteroatoms. The van der Waals surface area contributed by atoms with Gasteiger partial charge in [0.1, 0.15) is 23.6 Å². The zero-order valence-electron chi connectivity index (χ0n) is 18.9. The molecule has 0 aliphatic rings. The van der Waals surface area contributed by atoms with Gasteiger partial charge in [-0.15, -0.1) is 0 Å². The number of pyridine rings is 1. The van der Waals surface area contributed by atoms with E-state index in [0.29, 0.717) is 5.71 Å². The number of furan rings is 2. The van der Waals surface area contributed by atoms with Crippen LogP contribution >= 0.6 is 0 Å². The van der Waals surface area contributed by atoms with E-state index >= 15 is 0 Å². The van der Waals surface area contributed by atoms with Gasteiger partial charge in [-0.25, -0.2) is 9.55 Å². The average molecular weight is 423 g/mol. The first-order valence-electron chi connectivity index (χ1n) is 10.8. The Bertz CT molecular complexity index is 1660. The minimum atomic E-state index is 0.618. The lowest BCUT2D eigenvalue weighted by atomic mass is 10.0. The molecule has 0 amide bonds. The maximum absolute atomic E-state index is 6.53. The molecule has 0 unspecified atom stereocenters. The summed E-state index contributed by atoms with van der Waals surface area (Å²) < 4.78 is 17.1. The van der Waals surface area contributed by atoms with Gasteiger partial charge in [-0.3, -0.25) is 0 Å². The number of aryl methyl sites for hydroxylation is 5. The second-order valence-corrected chi connectivity index (χ2v) is 8.64. The maximum atomic E-state index is 6.53. The quantitative estimate of drug-likeness (QED) is 0.310. The van der Waals surface area contributed by atoms with Crippen LogP contribution in [0, 0.1) is 27.7 Å². The fourth-order valence-corrected chi connectivity index (χ4v) is 4.81. The molecule has 0 atom stereocenters. The van der Waals surface area contributed by atoms with Crippen molar-refractivity contribution in [2.45, 2.75) is 27.7 Å². The molecule has 4 aromatic heterocycles. The number of hydrogen-bond donors (Lipinski definition) is 0. The molecule has 0 aliphatic carbocycles. The standard InChI is InChI=1S/C27H24N3O2/c1-15-9-11-19-23(31-25-20-12-10-18(4)28-26(20)32-24(19)25)21(15)27-29(5)13-14-30(27)22-16(2)7-6-8-17(22)3/h6-14H,1-5H3/q+1. The van der Waals surface area contributed by atoms with Crippen LogP contribution in [0.25, 0.3) is 50.3 Å². The summed E-state index contributed by atoms with van der Waals surface area (Å²) in [5, 5.41) is 1.87. The Labute approximate surface area is 185 Å². The van der Waals surface area contributed by atoms with Crippen LogP contribution in [0.5, 0.6) is 0 Å². The summed E-state index contributed by atoms with van der Waals surface area (Å²) in [5.74, 6) is 1.07. The second kappa shape index (κ2) is 6.57. The summed E-state index contributed by atoms with van der Waals surface area (Å²) >= 11 is 0. The molecule has 6 aromatic rings. The summed E-state index contributed by atoms with van der Waals surface area (Å²) in [7, 11) is 2.08. The number of aromatic nitrogens is 3. The van der Waals surface area contributed by atoms with Crippen LogP contribution in [0.15, 0.2) is 63.7 Å². The lowest BCUT2D eigenvalue weighted by molar-refractivity contribution is -0.659. The van der Waals surface area contributed by atoms with Crippen molar-refractivity contribution in [2.24, 2.45) is 7.05 Å². The Morgan fingerprint density at radius 2 is 1.50 bits per heavy atom. The van der Waals surface area contributed by atoms with Crippen molar-refractivity contribution in [1.82, 2.24) is 9.55 Å². The van der Waals surface area contributed by atoms with E-state index in [2.05, 4.69) is 84.7 Å². The summed E-state index contributed by atoms with van der Waals surface area (Å²) in [6.45, 7) is 8.40. The Hall–Kier alpha value is -3.86. The number of fused-ring (bicyclic) bond motifs is 5. The van der Waals surface area contributed by atoms with E-state index in [9.17, 15) is 0 Å². The molecule has 32 heavy (non-hydrogen) atoms. The molecule has 0 fully saturated rings. The number of hydrogen-bond acceptors (Lipinski definition) is 3. The smallest absolute Gasteiger partial charge is 0.297 e. The van der Waals surface area contributed by atoms with Gasteiger partial charge in [-0.2, -0.15) is 4.57 Å². The number of para-hydroxylation sites is 1. The largest absolute Gasteiger partial charge is 0.451 e. The average Bonchev–Trinajstić information content (AvgIpc) is 3.40. The van der Waals surface area contributed by atoms with E-state index in [-0.39, 0.29) is 0 Å². The first-order chi connectivity index (χ1) is 15.4. The molecule has 4 heterocycles. The highest BCUT2D eigenvalue weighted by molar-refractivity contribution is 6.14.